The molecule has 1 saturated heterocycles. The Balaban J connectivity index is 2.25. The summed E-state index contributed by atoms with van der Waals surface area (Å²) in [5.41, 5.74) is -4.43. The van der Waals surface area contributed by atoms with Crippen LogP contribution in [0.5, 0.6) is 0 Å². The molecular formula is C14H17F3N2O3S2. The van der Waals surface area contributed by atoms with Crippen molar-refractivity contribution in [3.8, 4) is 0 Å². The SMILES string of the molecule is CN(C)C(=O)C1CCCN1S(=O)(=O)c1ccc(SC(F)(F)F)cc1. The number of sulfonamides is 1. The average molecular weight is 382 g/mol. The summed E-state index contributed by atoms with van der Waals surface area (Å²) >= 11 is -0.308. The number of benzene rings is 1. The Kier molecular flexibility index (Phi) is 5.50. The normalized spacial score (nSPS) is 19.5. The molecule has 10 heteroatoms. The van der Waals surface area contributed by atoms with E-state index in [9.17, 15) is 26.4 Å². The van der Waals surface area contributed by atoms with Crippen molar-refractivity contribution in [1.82, 2.24) is 9.21 Å². The molecule has 0 aliphatic carbocycles. The summed E-state index contributed by atoms with van der Waals surface area (Å²) in [5.74, 6) is -0.305. The first-order valence-corrected chi connectivity index (χ1v) is 9.37. The van der Waals surface area contributed by atoms with Crippen molar-refractivity contribution < 1.29 is 26.4 Å². The first-order valence-electron chi connectivity index (χ1n) is 7.11. The van der Waals surface area contributed by atoms with E-state index in [1.54, 1.807) is 14.1 Å². The van der Waals surface area contributed by atoms with Gasteiger partial charge in [0.1, 0.15) is 6.04 Å². The second-order valence-corrected chi connectivity index (χ2v) is 8.55. The van der Waals surface area contributed by atoms with Gasteiger partial charge >= 0.3 is 5.51 Å². The Bertz CT molecular complexity index is 703. The van der Waals surface area contributed by atoms with Gasteiger partial charge in [0.15, 0.2) is 0 Å². The number of carbonyl (C=O) groups excluding carboxylic acids is 1. The number of halogens is 3. The average Bonchev–Trinajstić information content (AvgIpc) is 2.95. The van der Waals surface area contributed by atoms with E-state index < -0.39 is 21.6 Å². The van der Waals surface area contributed by atoms with E-state index >= 15 is 0 Å². The standard InChI is InChI=1S/C14H17F3N2O3S2/c1-18(2)13(20)12-4-3-9-19(12)24(21,22)11-7-5-10(6-8-11)23-14(15,16)17/h5-8,12H,3-4,9H2,1-2H3. The van der Waals surface area contributed by atoms with Crippen LogP contribution >= 0.6 is 11.8 Å². The van der Waals surface area contributed by atoms with E-state index in [1.807, 2.05) is 0 Å². The fourth-order valence-electron chi connectivity index (χ4n) is 2.52. The molecule has 1 aliphatic heterocycles. The lowest BCUT2D eigenvalue weighted by atomic mass is 10.2. The highest BCUT2D eigenvalue weighted by molar-refractivity contribution is 8.00. The number of likely N-dealkylation sites (N-methyl/N-ethyl adjacent to an activating group) is 1. The molecule has 1 aromatic carbocycles. The lowest BCUT2D eigenvalue weighted by molar-refractivity contribution is -0.132. The largest absolute Gasteiger partial charge is 0.446 e. The maximum atomic E-state index is 12.7. The Labute approximate surface area is 142 Å². The molecule has 0 radical (unpaired) electrons. The van der Waals surface area contributed by atoms with Gasteiger partial charge in [-0.25, -0.2) is 8.42 Å². The van der Waals surface area contributed by atoms with Crippen LogP contribution < -0.4 is 0 Å². The van der Waals surface area contributed by atoms with Gasteiger partial charge < -0.3 is 4.90 Å². The predicted molar refractivity (Wildman–Crippen MR) is 84.0 cm³/mol. The maximum Gasteiger partial charge on any atom is 0.446 e. The summed E-state index contributed by atoms with van der Waals surface area (Å²) in [6.07, 6.45) is 0.990. The van der Waals surface area contributed by atoms with Crippen LogP contribution in [0.4, 0.5) is 13.2 Å². The number of rotatable bonds is 4. The van der Waals surface area contributed by atoms with Gasteiger partial charge in [-0.2, -0.15) is 17.5 Å². The van der Waals surface area contributed by atoms with E-state index in [-0.39, 0.29) is 34.0 Å². The van der Waals surface area contributed by atoms with E-state index in [0.717, 1.165) is 28.6 Å². The molecule has 1 aromatic rings. The summed E-state index contributed by atoms with van der Waals surface area (Å²) in [7, 11) is -0.831. The number of hydrogen-bond acceptors (Lipinski definition) is 4. The predicted octanol–water partition coefficient (Wildman–Crippen LogP) is 2.54. The van der Waals surface area contributed by atoms with E-state index in [0.29, 0.717) is 12.8 Å². The van der Waals surface area contributed by atoms with Gasteiger partial charge in [-0.05, 0) is 48.9 Å². The fraction of sp³-hybridized carbons (Fsp3) is 0.500. The van der Waals surface area contributed by atoms with Crippen molar-refractivity contribution in [1.29, 1.82) is 0 Å². The van der Waals surface area contributed by atoms with Crippen LogP contribution in [0, 0.1) is 0 Å². The summed E-state index contributed by atoms with van der Waals surface area (Å²) in [4.78, 5) is 13.3. The third-order valence-electron chi connectivity index (χ3n) is 3.59. The molecule has 1 unspecified atom stereocenters. The molecule has 1 aliphatic rings. The van der Waals surface area contributed by atoms with Crippen molar-refractivity contribution in [2.75, 3.05) is 20.6 Å². The molecule has 1 fully saturated rings. The van der Waals surface area contributed by atoms with Gasteiger partial charge in [-0.15, -0.1) is 0 Å². The molecule has 1 amide bonds. The monoisotopic (exact) mass is 382 g/mol. The van der Waals surface area contributed by atoms with Gasteiger partial charge in [0.05, 0.1) is 4.90 Å². The molecule has 0 saturated carbocycles. The van der Waals surface area contributed by atoms with Gasteiger partial charge in [0, 0.05) is 25.5 Å². The molecule has 1 heterocycles. The van der Waals surface area contributed by atoms with Crippen LogP contribution in [0.3, 0.4) is 0 Å². The lowest BCUT2D eigenvalue weighted by Gasteiger charge is -2.25. The van der Waals surface area contributed by atoms with Crippen LogP contribution in [0.1, 0.15) is 12.8 Å². The second kappa shape index (κ2) is 6.93. The van der Waals surface area contributed by atoms with E-state index in [4.69, 9.17) is 0 Å². The topological polar surface area (TPSA) is 57.7 Å². The van der Waals surface area contributed by atoms with Crippen molar-refractivity contribution >= 4 is 27.7 Å². The van der Waals surface area contributed by atoms with Gasteiger partial charge in [-0.1, -0.05) is 0 Å². The van der Waals surface area contributed by atoms with Crippen LogP contribution in [-0.2, 0) is 14.8 Å². The second-order valence-electron chi connectivity index (χ2n) is 5.53. The fourth-order valence-corrected chi connectivity index (χ4v) is 4.71. The Hall–Kier alpha value is -1.26. The Morgan fingerprint density at radius 3 is 2.33 bits per heavy atom. The van der Waals surface area contributed by atoms with Crippen molar-refractivity contribution in [2.45, 2.75) is 34.2 Å². The van der Waals surface area contributed by atoms with E-state index in [1.165, 1.54) is 4.90 Å². The number of nitrogens with zero attached hydrogens (tertiary/aromatic N) is 2. The number of hydrogen-bond donors (Lipinski definition) is 0. The third-order valence-corrected chi connectivity index (χ3v) is 6.26. The van der Waals surface area contributed by atoms with Gasteiger partial charge in [0.25, 0.3) is 0 Å². The van der Waals surface area contributed by atoms with Gasteiger partial charge in [-0.3, -0.25) is 4.79 Å². The van der Waals surface area contributed by atoms with Crippen LogP contribution in [0.15, 0.2) is 34.1 Å². The zero-order valence-corrected chi connectivity index (χ0v) is 14.7. The highest BCUT2D eigenvalue weighted by Crippen LogP contribution is 2.37. The summed E-state index contributed by atoms with van der Waals surface area (Å²) < 4.78 is 63.5. The van der Waals surface area contributed by atoms with Gasteiger partial charge in [0.2, 0.25) is 15.9 Å². The van der Waals surface area contributed by atoms with Crippen LogP contribution in [0.2, 0.25) is 0 Å². The summed E-state index contributed by atoms with van der Waals surface area (Å²) in [6, 6.07) is 3.74. The minimum Gasteiger partial charge on any atom is -0.347 e. The molecule has 1 atom stereocenters. The zero-order valence-electron chi connectivity index (χ0n) is 13.1. The minimum absolute atomic E-state index is 0.0937. The van der Waals surface area contributed by atoms with Crippen LogP contribution in [0.25, 0.3) is 0 Å². The van der Waals surface area contributed by atoms with Crippen molar-refractivity contribution in [2.24, 2.45) is 0 Å². The van der Waals surface area contributed by atoms with Crippen LogP contribution in [-0.4, -0.2) is 55.7 Å². The highest BCUT2D eigenvalue weighted by atomic mass is 32.2. The number of thioether (sulfide) groups is 1. The smallest absolute Gasteiger partial charge is 0.347 e. The quantitative estimate of drug-likeness (QED) is 0.751. The molecule has 24 heavy (non-hydrogen) atoms. The molecule has 0 N–H and O–H groups in total. The number of alkyl halides is 3. The van der Waals surface area contributed by atoms with E-state index in [2.05, 4.69) is 0 Å². The maximum absolute atomic E-state index is 12.7. The highest BCUT2D eigenvalue weighted by Gasteiger charge is 2.40. The molecule has 134 valence electrons. The lowest BCUT2D eigenvalue weighted by Crippen LogP contribution is -2.45. The summed E-state index contributed by atoms with van der Waals surface area (Å²) in [6.45, 7) is 0.214. The molecule has 0 aromatic heterocycles. The molecule has 2 rings (SSSR count). The first kappa shape index (κ1) is 19.1. The zero-order chi connectivity index (χ0) is 18.1. The first-order chi connectivity index (χ1) is 11.0. The third kappa shape index (κ3) is 4.22. The Morgan fingerprint density at radius 1 is 1.25 bits per heavy atom. The molecule has 0 spiro atoms. The summed E-state index contributed by atoms with van der Waals surface area (Å²) in [5, 5.41) is 0. The minimum atomic E-state index is -4.43. The molecule has 5 nitrogen and oxygen atoms in total. The van der Waals surface area contributed by atoms with Crippen molar-refractivity contribution in [3.05, 3.63) is 24.3 Å². The van der Waals surface area contributed by atoms with Crippen molar-refractivity contribution in [3.63, 3.8) is 0 Å². The Morgan fingerprint density at radius 2 is 1.83 bits per heavy atom. The molecular weight excluding hydrogens is 365 g/mol. The molecule has 0 bridgehead atoms. The number of amides is 1. The number of carbonyl (C=O) groups is 1.